The summed E-state index contributed by atoms with van der Waals surface area (Å²) >= 11 is 0. The lowest BCUT2D eigenvalue weighted by Crippen LogP contribution is -2.54. The highest BCUT2D eigenvalue weighted by molar-refractivity contribution is 6.62. The first-order valence-corrected chi connectivity index (χ1v) is 14.0. The Hall–Kier alpha value is -4.15. The predicted molar refractivity (Wildman–Crippen MR) is 161 cm³/mol. The molecule has 0 radical (unpaired) electrons. The van der Waals surface area contributed by atoms with Crippen LogP contribution < -0.4 is 21.8 Å². The molecule has 3 aromatic carbocycles. The maximum atomic E-state index is 13.4. The second-order valence-electron chi connectivity index (χ2n) is 11.4. The van der Waals surface area contributed by atoms with Crippen LogP contribution in [0, 0.1) is 0 Å². The lowest BCUT2D eigenvalue weighted by atomic mass is 9.78. The summed E-state index contributed by atoms with van der Waals surface area (Å²) in [6.07, 6.45) is -0.383. The average molecular weight is 571 g/mol. The molecular weight excluding hydrogens is 533 g/mol. The number of ether oxygens (including phenoxy) is 1. The van der Waals surface area contributed by atoms with Crippen LogP contribution in [-0.4, -0.2) is 48.3 Å². The van der Waals surface area contributed by atoms with E-state index in [0.717, 1.165) is 22.2 Å². The molecule has 2 atom stereocenters. The molecule has 0 bridgehead atoms. The number of rotatable bonds is 11. The van der Waals surface area contributed by atoms with Gasteiger partial charge in [-0.2, -0.15) is 0 Å². The number of alkyl carbamates (subject to hydrolysis) is 1. The number of amides is 3. The molecule has 0 aromatic heterocycles. The summed E-state index contributed by atoms with van der Waals surface area (Å²) in [6.45, 7) is 8.02. The normalized spacial score (nSPS) is 16.7. The van der Waals surface area contributed by atoms with Crippen molar-refractivity contribution >= 4 is 30.5 Å². The van der Waals surface area contributed by atoms with E-state index < -0.39 is 48.3 Å². The quantitative estimate of drug-likeness (QED) is 0.304. The van der Waals surface area contributed by atoms with Crippen molar-refractivity contribution < 1.29 is 28.4 Å². The molecule has 1 fully saturated rings. The summed E-state index contributed by atoms with van der Waals surface area (Å²) < 4.78 is 17.6. The average Bonchev–Trinajstić information content (AvgIpc) is 3.18. The van der Waals surface area contributed by atoms with Gasteiger partial charge in [0.05, 0.1) is 11.2 Å². The van der Waals surface area contributed by atoms with Gasteiger partial charge in [0, 0.05) is 12.8 Å². The minimum absolute atomic E-state index is 0.0538. The fourth-order valence-corrected chi connectivity index (χ4v) is 4.49. The van der Waals surface area contributed by atoms with Crippen LogP contribution in [0.5, 0.6) is 0 Å². The molecule has 0 aliphatic carbocycles. The molecule has 1 heterocycles. The summed E-state index contributed by atoms with van der Waals surface area (Å²) in [5.41, 5.74) is 8.03. The number of nitrogens with two attached hydrogens (primary N) is 1. The molecule has 4 rings (SSSR count). The van der Waals surface area contributed by atoms with E-state index in [1.807, 2.05) is 113 Å². The van der Waals surface area contributed by atoms with Gasteiger partial charge in [-0.1, -0.05) is 84.9 Å². The lowest BCUT2D eigenvalue weighted by molar-refractivity contribution is -0.128. The second-order valence-corrected chi connectivity index (χ2v) is 11.4. The molecule has 10 heteroatoms. The summed E-state index contributed by atoms with van der Waals surface area (Å²) in [4.78, 5) is 38.4. The minimum atomic E-state index is -0.999. The van der Waals surface area contributed by atoms with Gasteiger partial charge in [-0.3, -0.25) is 9.59 Å². The molecule has 1 saturated heterocycles. The van der Waals surface area contributed by atoms with Crippen molar-refractivity contribution in [3.8, 4) is 0 Å². The van der Waals surface area contributed by atoms with E-state index in [9.17, 15) is 14.4 Å². The van der Waals surface area contributed by atoms with Crippen molar-refractivity contribution in [3.63, 3.8) is 0 Å². The zero-order chi connectivity index (χ0) is 30.3. The second kappa shape index (κ2) is 13.2. The van der Waals surface area contributed by atoms with Crippen molar-refractivity contribution in [2.45, 2.75) is 70.4 Å². The molecule has 1 aliphatic heterocycles. The van der Waals surface area contributed by atoms with Crippen LogP contribution in [0.15, 0.2) is 84.9 Å². The molecule has 0 saturated carbocycles. The number of carbonyl (C=O) groups is 3. The molecule has 220 valence electrons. The summed E-state index contributed by atoms with van der Waals surface area (Å²) in [7, 11) is -0.512. The molecule has 0 unspecified atom stereocenters. The van der Waals surface area contributed by atoms with Gasteiger partial charge in [0.1, 0.15) is 18.7 Å². The number of primary amides is 1. The highest BCUT2D eigenvalue weighted by atomic mass is 16.7. The molecule has 42 heavy (non-hydrogen) atoms. The van der Waals surface area contributed by atoms with E-state index in [1.165, 1.54) is 0 Å². The smallest absolute Gasteiger partial charge is 0.445 e. The van der Waals surface area contributed by atoms with Gasteiger partial charge in [-0.25, -0.2) is 4.79 Å². The predicted octanol–water partition coefficient (Wildman–Crippen LogP) is 3.04. The maximum Gasteiger partial charge on any atom is 0.494 e. The first-order valence-electron chi connectivity index (χ1n) is 14.0. The van der Waals surface area contributed by atoms with Crippen LogP contribution in [0.2, 0.25) is 0 Å². The third kappa shape index (κ3) is 7.99. The van der Waals surface area contributed by atoms with E-state index in [1.54, 1.807) is 0 Å². The van der Waals surface area contributed by atoms with E-state index in [4.69, 9.17) is 19.8 Å². The molecular formula is C32H38BN3O6. The highest BCUT2D eigenvalue weighted by Gasteiger charge is 2.51. The van der Waals surface area contributed by atoms with Crippen molar-refractivity contribution in [1.29, 1.82) is 0 Å². The monoisotopic (exact) mass is 571 g/mol. The molecule has 3 aromatic rings. The van der Waals surface area contributed by atoms with Gasteiger partial charge < -0.3 is 30.4 Å². The van der Waals surface area contributed by atoms with Gasteiger partial charge in [0.2, 0.25) is 11.8 Å². The topological polar surface area (TPSA) is 129 Å². The summed E-state index contributed by atoms with van der Waals surface area (Å²) in [5, 5.41) is 5.37. The number of carbonyl (C=O) groups excluding carboxylic acids is 3. The van der Waals surface area contributed by atoms with E-state index in [2.05, 4.69) is 10.6 Å². The molecule has 0 spiro atoms. The number of nitrogens with one attached hydrogen (secondary N) is 2. The highest BCUT2D eigenvalue weighted by Crippen LogP contribution is 2.36. The van der Waals surface area contributed by atoms with Crippen LogP contribution in [0.3, 0.4) is 0 Å². The Morgan fingerprint density at radius 2 is 1.24 bits per heavy atom. The van der Waals surface area contributed by atoms with Gasteiger partial charge in [-0.05, 0) is 49.8 Å². The SMILES string of the molecule is CC1(C)OB(c2ccc(C[C@H](NC(=O)[C@H](Cc3ccccc3)NC(=O)OCc3ccccc3)C(N)=O)cc2)OC1(C)C. The molecule has 1 aliphatic rings. The Morgan fingerprint density at radius 1 is 0.738 bits per heavy atom. The fraction of sp³-hybridized carbons (Fsp3) is 0.344. The summed E-state index contributed by atoms with van der Waals surface area (Å²) in [5.74, 6) is -1.24. The van der Waals surface area contributed by atoms with Gasteiger partial charge in [0.25, 0.3) is 0 Å². The zero-order valence-corrected chi connectivity index (χ0v) is 24.5. The number of hydrogen-bond acceptors (Lipinski definition) is 6. The zero-order valence-electron chi connectivity index (χ0n) is 24.5. The number of benzene rings is 3. The Bertz CT molecular complexity index is 1350. The lowest BCUT2D eigenvalue weighted by Gasteiger charge is -2.32. The first kappa shape index (κ1) is 30.8. The van der Waals surface area contributed by atoms with Crippen LogP contribution >= 0.6 is 0 Å². The molecule has 9 nitrogen and oxygen atoms in total. The van der Waals surface area contributed by atoms with Crippen LogP contribution in [0.4, 0.5) is 4.79 Å². The Kier molecular flexibility index (Phi) is 9.70. The van der Waals surface area contributed by atoms with Crippen molar-refractivity contribution in [3.05, 3.63) is 102 Å². The Morgan fingerprint density at radius 3 is 1.79 bits per heavy atom. The van der Waals surface area contributed by atoms with Crippen LogP contribution in [0.25, 0.3) is 0 Å². The van der Waals surface area contributed by atoms with Crippen molar-refractivity contribution in [2.75, 3.05) is 0 Å². The van der Waals surface area contributed by atoms with E-state index in [0.29, 0.717) is 0 Å². The number of hydrogen-bond donors (Lipinski definition) is 3. The van der Waals surface area contributed by atoms with Gasteiger partial charge >= 0.3 is 13.2 Å². The standard InChI is InChI=1S/C32H38BN3O6/c1-31(2)32(3,4)42-33(41-31)25-17-15-23(16-18-25)19-26(28(34)37)35-29(38)27(20-22-11-7-5-8-12-22)36-30(39)40-21-24-13-9-6-10-14-24/h5-18,26-27H,19-21H2,1-4H3,(H2,34,37)(H,35,38)(H,36,39)/t26-,27-/m0/s1. The van der Waals surface area contributed by atoms with Crippen molar-refractivity contribution in [2.24, 2.45) is 5.73 Å². The maximum absolute atomic E-state index is 13.4. The summed E-state index contributed by atoms with van der Waals surface area (Å²) in [6, 6.07) is 23.9. The third-order valence-electron chi connectivity index (χ3n) is 7.71. The largest absolute Gasteiger partial charge is 0.494 e. The molecule has 3 amide bonds. The Labute approximate surface area is 247 Å². The Balaban J connectivity index is 1.41. The molecule has 4 N–H and O–H groups in total. The van der Waals surface area contributed by atoms with E-state index in [-0.39, 0.29) is 19.4 Å². The van der Waals surface area contributed by atoms with Gasteiger partial charge in [0.15, 0.2) is 0 Å². The van der Waals surface area contributed by atoms with Crippen LogP contribution in [0.1, 0.15) is 44.4 Å². The van der Waals surface area contributed by atoms with Crippen molar-refractivity contribution in [1.82, 2.24) is 10.6 Å². The third-order valence-corrected chi connectivity index (χ3v) is 7.71. The minimum Gasteiger partial charge on any atom is -0.445 e. The van der Waals surface area contributed by atoms with Crippen LogP contribution in [-0.2, 0) is 43.1 Å². The fourth-order valence-electron chi connectivity index (χ4n) is 4.49. The first-order chi connectivity index (χ1) is 19.9. The van der Waals surface area contributed by atoms with E-state index >= 15 is 0 Å². The van der Waals surface area contributed by atoms with Gasteiger partial charge in [-0.15, -0.1) is 0 Å².